The Labute approximate surface area is 99.9 Å². The number of hydrogen-bond acceptors (Lipinski definition) is 1. The van der Waals surface area contributed by atoms with Gasteiger partial charge in [0.05, 0.1) is 0 Å². The highest BCUT2D eigenvalue weighted by Gasteiger charge is 2.63. The van der Waals surface area contributed by atoms with Crippen LogP contribution >= 0.6 is 0 Å². The molecule has 2 aliphatic carbocycles. The van der Waals surface area contributed by atoms with E-state index in [-0.39, 0.29) is 10.8 Å². The molecule has 0 amide bonds. The second kappa shape index (κ2) is 3.35. The molecule has 1 N–H and O–H groups in total. The Balaban J connectivity index is 2.55. The third-order valence-corrected chi connectivity index (χ3v) is 6.37. The van der Waals surface area contributed by atoms with Crippen molar-refractivity contribution >= 4 is 0 Å². The lowest BCUT2D eigenvalue weighted by Gasteiger charge is -2.52. The SMILES string of the molecule is CC1=CCC[C@]2(C)C[C@@H](CO)C(C)(C)[C@]12C. The molecule has 1 heteroatoms. The number of hydrogen-bond donors (Lipinski definition) is 1. The van der Waals surface area contributed by atoms with Gasteiger partial charge in [-0.1, -0.05) is 39.3 Å². The molecule has 1 fully saturated rings. The third kappa shape index (κ3) is 1.16. The summed E-state index contributed by atoms with van der Waals surface area (Å²) < 4.78 is 0. The van der Waals surface area contributed by atoms with Crippen molar-refractivity contribution < 1.29 is 5.11 Å². The summed E-state index contributed by atoms with van der Waals surface area (Å²) in [4.78, 5) is 0. The second-order valence-electron chi connectivity index (χ2n) is 6.92. The predicted octanol–water partition coefficient (Wildman–Crippen LogP) is 3.78. The Kier molecular flexibility index (Phi) is 2.55. The summed E-state index contributed by atoms with van der Waals surface area (Å²) in [5.74, 6) is 0.448. The molecule has 1 nitrogen and oxygen atoms in total. The van der Waals surface area contributed by atoms with Crippen molar-refractivity contribution in [1.29, 1.82) is 0 Å². The van der Waals surface area contributed by atoms with Crippen LogP contribution in [0.2, 0.25) is 0 Å². The van der Waals surface area contributed by atoms with E-state index < -0.39 is 0 Å². The van der Waals surface area contributed by atoms with Crippen molar-refractivity contribution in [2.75, 3.05) is 6.61 Å². The van der Waals surface area contributed by atoms with Crippen LogP contribution in [0.15, 0.2) is 11.6 Å². The van der Waals surface area contributed by atoms with Crippen molar-refractivity contribution in [2.45, 2.75) is 53.9 Å². The van der Waals surface area contributed by atoms with Gasteiger partial charge >= 0.3 is 0 Å². The molecule has 0 spiro atoms. The molecule has 2 aliphatic rings. The van der Waals surface area contributed by atoms with Crippen molar-refractivity contribution in [3.8, 4) is 0 Å². The fourth-order valence-electron chi connectivity index (χ4n) is 4.63. The van der Waals surface area contributed by atoms with Gasteiger partial charge < -0.3 is 5.11 Å². The van der Waals surface area contributed by atoms with Crippen LogP contribution in [0.5, 0.6) is 0 Å². The molecule has 0 radical (unpaired) electrons. The number of aliphatic hydroxyl groups excluding tert-OH is 1. The Hall–Kier alpha value is -0.300. The molecule has 0 aromatic heterocycles. The summed E-state index contributed by atoms with van der Waals surface area (Å²) in [7, 11) is 0. The van der Waals surface area contributed by atoms with Gasteiger partial charge in [0, 0.05) is 6.61 Å². The molecular weight excluding hydrogens is 196 g/mol. The van der Waals surface area contributed by atoms with Crippen LogP contribution in [0.4, 0.5) is 0 Å². The summed E-state index contributed by atoms with van der Waals surface area (Å²) in [6.07, 6.45) is 6.09. The first-order valence-corrected chi connectivity index (χ1v) is 6.58. The van der Waals surface area contributed by atoms with Gasteiger partial charge in [-0.15, -0.1) is 0 Å². The van der Waals surface area contributed by atoms with Crippen molar-refractivity contribution in [3.63, 3.8) is 0 Å². The van der Waals surface area contributed by atoms with E-state index in [0.717, 1.165) is 0 Å². The topological polar surface area (TPSA) is 20.2 Å². The molecule has 0 aromatic carbocycles. The second-order valence-corrected chi connectivity index (χ2v) is 6.92. The fourth-order valence-corrected chi connectivity index (χ4v) is 4.63. The highest BCUT2D eigenvalue weighted by molar-refractivity contribution is 5.28. The van der Waals surface area contributed by atoms with Gasteiger partial charge in [-0.2, -0.15) is 0 Å². The summed E-state index contributed by atoms with van der Waals surface area (Å²) in [6.45, 7) is 12.2. The molecule has 1 saturated carbocycles. The van der Waals surface area contributed by atoms with E-state index in [1.54, 1.807) is 5.57 Å². The summed E-state index contributed by atoms with van der Waals surface area (Å²) in [6, 6.07) is 0. The number of rotatable bonds is 1. The Morgan fingerprint density at radius 3 is 2.44 bits per heavy atom. The minimum absolute atomic E-state index is 0.206. The minimum atomic E-state index is 0.206. The average molecular weight is 222 g/mol. The van der Waals surface area contributed by atoms with Crippen molar-refractivity contribution in [3.05, 3.63) is 11.6 Å². The highest BCUT2D eigenvalue weighted by atomic mass is 16.3. The van der Waals surface area contributed by atoms with Crippen molar-refractivity contribution in [1.82, 2.24) is 0 Å². The normalized spacial score (nSPS) is 46.4. The number of aliphatic hydroxyl groups is 1. The third-order valence-electron chi connectivity index (χ3n) is 6.37. The molecule has 3 atom stereocenters. The summed E-state index contributed by atoms with van der Waals surface area (Å²) in [5, 5.41) is 9.64. The zero-order chi connectivity index (χ0) is 12.2. The summed E-state index contributed by atoms with van der Waals surface area (Å²) >= 11 is 0. The standard InChI is InChI=1S/C15H26O/c1-11-7-6-8-14(4)9-12(10-16)13(2,3)15(11,14)5/h7,12,16H,6,8-10H2,1-5H3/t12-,14+,15-/m0/s1. The molecule has 0 heterocycles. The number of allylic oxidation sites excluding steroid dienone is 2. The van der Waals surface area contributed by atoms with Crippen LogP contribution in [0.1, 0.15) is 53.9 Å². The van der Waals surface area contributed by atoms with Gasteiger partial charge in [-0.3, -0.25) is 0 Å². The van der Waals surface area contributed by atoms with E-state index in [9.17, 15) is 5.11 Å². The molecule has 0 aliphatic heterocycles. The minimum Gasteiger partial charge on any atom is -0.396 e. The maximum Gasteiger partial charge on any atom is 0.0464 e. The zero-order valence-electron chi connectivity index (χ0n) is 11.4. The van der Waals surface area contributed by atoms with E-state index in [1.807, 2.05) is 0 Å². The van der Waals surface area contributed by atoms with Gasteiger partial charge in [0.2, 0.25) is 0 Å². The van der Waals surface area contributed by atoms with Crippen LogP contribution in [-0.2, 0) is 0 Å². The quantitative estimate of drug-likeness (QED) is 0.669. The summed E-state index contributed by atoms with van der Waals surface area (Å²) in [5.41, 5.74) is 2.38. The lowest BCUT2D eigenvalue weighted by molar-refractivity contribution is 0.0233. The van der Waals surface area contributed by atoms with Crippen LogP contribution in [-0.4, -0.2) is 11.7 Å². The van der Waals surface area contributed by atoms with E-state index in [4.69, 9.17) is 0 Å². The van der Waals surface area contributed by atoms with Gasteiger partial charge in [-0.25, -0.2) is 0 Å². The van der Waals surface area contributed by atoms with E-state index in [0.29, 0.717) is 17.9 Å². The molecule has 0 aromatic rings. The number of fused-ring (bicyclic) bond motifs is 1. The molecule has 16 heavy (non-hydrogen) atoms. The monoisotopic (exact) mass is 222 g/mol. The van der Waals surface area contributed by atoms with E-state index in [2.05, 4.69) is 40.7 Å². The van der Waals surface area contributed by atoms with E-state index in [1.165, 1.54) is 19.3 Å². The first-order chi connectivity index (χ1) is 7.29. The van der Waals surface area contributed by atoms with Gasteiger partial charge in [0.25, 0.3) is 0 Å². The first kappa shape index (κ1) is 12.2. The Bertz CT molecular complexity index is 328. The van der Waals surface area contributed by atoms with E-state index >= 15 is 0 Å². The van der Waals surface area contributed by atoms with Crippen LogP contribution in [0.3, 0.4) is 0 Å². The lowest BCUT2D eigenvalue weighted by Crippen LogP contribution is -2.45. The smallest absolute Gasteiger partial charge is 0.0464 e. The fraction of sp³-hybridized carbons (Fsp3) is 0.867. The highest BCUT2D eigenvalue weighted by Crippen LogP contribution is 2.70. The molecule has 0 unspecified atom stereocenters. The van der Waals surface area contributed by atoms with Gasteiger partial charge in [0.15, 0.2) is 0 Å². The van der Waals surface area contributed by atoms with Gasteiger partial charge in [-0.05, 0) is 48.3 Å². The molecule has 0 bridgehead atoms. The van der Waals surface area contributed by atoms with Gasteiger partial charge in [0.1, 0.15) is 0 Å². The van der Waals surface area contributed by atoms with Crippen LogP contribution in [0, 0.1) is 22.2 Å². The maximum atomic E-state index is 9.64. The molecule has 2 rings (SSSR count). The Morgan fingerprint density at radius 2 is 1.94 bits per heavy atom. The van der Waals surface area contributed by atoms with Crippen molar-refractivity contribution in [2.24, 2.45) is 22.2 Å². The largest absolute Gasteiger partial charge is 0.396 e. The molecule has 92 valence electrons. The predicted molar refractivity (Wildman–Crippen MR) is 68.2 cm³/mol. The average Bonchev–Trinajstić information content (AvgIpc) is 2.37. The van der Waals surface area contributed by atoms with Crippen LogP contribution < -0.4 is 0 Å². The molecule has 0 saturated heterocycles. The maximum absolute atomic E-state index is 9.64. The molecular formula is C15H26O. The Morgan fingerprint density at radius 1 is 1.31 bits per heavy atom. The van der Waals surface area contributed by atoms with Crippen LogP contribution in [0.25, 0.3) is 0 Å². The first-order valence-electron chi connectivity index (χ1n) is 6.58. The zero-order valence-corrected chi connectivity index (χ0v) is 11.4. The lowest BCUT2D eigenvalue weighted by atomic mass is 9.52.